The van der Waals surface area contributed by atoms with Gasteiger partial charge < -0.3 is 19.9 Å². The Morgan fingerprint density at radius 3 is 2.43 bits per heavy atom. The van der Waals surface area contributed by atoms with Crippen molar-refractivity contribution in [3.63, 3.8) is 0 Å². The van der Waals surface area contributed by atoms with Crippen LogP contribution in [0.2, 0.25) is 5.02 Å². The standard InChI is InChI=1S/C18H20ClNO3/c1-12(14-4-7-17-18(10-14)23-9-8-22-17)20-11-16(21)13-2-5-15(19)6-3-13/h2-7,10,12,16,20-21H,8-9,11H2,1H3. The number of aliphatic hydroxyl groups excluding tert-OH is 1. The minimum absolute atomic E-state index is 0.0905. The van der Waals surface area contributed by atoms with Crippen LogP contribution in [0.1, 0.15) is 30.2 Å². The van der Waals surface area contributed by atoms with Crippen molar-refractivity contribution in [2.75, 3.05) is 19.8 Å². The van der Waals surface area contributed by atoms with E-state index in [1.165, 1.54) is 0 Å². The van der Waals surface area contributed by atoms with E-state index in [2.05, 4.69) is 12.2 Å². The quantitative estimate of drug-likeness (QED) is 0.879. The van der Waals surface area contributed by atoms with Crippen LogP contribution in [0.25, 0.3) is 0 Å². The van der Waals surface area contributed by atoms with Crippen molar-refractivity contribution < 1.29 is 14.6 Å². The molecule has 23 heavy (non-hydrogen) atoms. The Bertz CT molecular complexity index is 660. The largest absolute Gasteiger partial charge is 0.486 e. The number of ether oxygens (including phenoxy) is 2. The first-order valence-electron chi connectivity index (χ1n) is 7.70. The molecule has 0 radical (unpaired) electrons. The zero-order chi connectivity index (χ0) is 16.2. The van der Waals surface area contributed by atoms with Crippen molar-refractivity contribution in [1.82, 2.24) is 5.32 Å². The van der Waals surface area contributed by atoms with Gasteiger partial charge in [0, 0.05) is 17.6 Å². The molecule has 0 aromatic heterocycles. The second-order valence-electron chi connectivity index (χ2n) is 5.60. The summed E-state index contributed by atoms with van der Waals surface area (Å²) in [6.45, 7) is 3.68. The SMILES string of the molecule is CC(NCC(O)c1ccc(Cl)cc1)c1ccc2c(c1)OCCO2. The molecule has 2 aromatic carbocycles. The predicted molar refractivity (Wildman–Crippen MR) is 90.3 cm³/mol. The van der Waals surface area contributed by atoms with Crippen LogP contribution in [-0.2, 0) is 0 Å². The van der Waals surface area contributed by atoms with Crippen molar-refractivity contribution >= 4 is 11.6 Å². The van der Waals surface area contributed by atoms with E-state index >= 15 is 0 Å². The van der Waals surface area contributed by atoms with Crippen LogP contribution in [0.5, 0.6) is 11.5 Å². The van der Waals surface area contributed by atoms with E-state index in [9.17, 15) is 5.11 Å². The molecule has 2 atom stereocenters. The summed E-state index contributed by atoms with van der Waals surface area (Å²) in [7, 11) is 0. The molecule has 0 saturated heterocycles. The van der Waals surface area contributed by atoms with Crippen LogP contribution in [0.3, 0.4) is 0 Å². The summed E-state index contributed by atoms with van der Waals surface area (Å²) in [6.07, 6.45) is -0.577. The molecule has 1 heterocycles. The number of aliphatic hydroxyl groups is 1. The molecule has 0 fully saturated rings. The molecule has 1 aliphatic rings. The third-order valence-electron chi connectivity index (χ3n) is 3.94. The van der Waals surface area contributed by atoms with Gasteiger partial charge in [0.1, 0.15) is 13.2 Å². The van der Waals surface area contributed by atoms with Gasteiger partial charge in [-0.3, -0.25) is 0 Å². The lowest BCUT2D eigenvalue weighted by atomic mass is 10.1. The molecule has 0 saturated carbocycles. The Labute approximate surface area is 141 Å². The van der Waals surface area contributed by atoms with Gasteiger partial charge in [-0.2, -0.15) is 0 Å². The van der Waals surface area contributed by atoms with Gasteiger partial charge in [-0.1, -0.05) is 29.8 Å². The van der Waals surface area contributed by atoms with Crippen LogP contribution >= 0.6 is 11.6 Å². The molecule has 0 spiro atoms. The fourth-order valence-electron chi connectivity index (χ4n) is 2.54. The Morgan fingerprint density at radius 2 is 1.70 bits per heavy atom. The van der Waals surface area contributed by atoms with Gasteiger partial charge in [0.2, 0.25) is 0 Å². The van der Waals surface area contributed by atoms with Crippen LogP contribution in [0, 0.1) is 0 Å². The third kappa shape index (κ3) is 3.96. The molecular formula is C18H20ClNO3. The summed E-state index contributed by atoms with van der Waals surface area (Å²) in [5.74, 6) is 1.56. The van der Waals surface area contributed by atoms with E-state index < -0.39 is 6.10 Å². The van der Waals surface area contributed by atoms with E-state index in [1.54, 1.807) is 12.1 Å². The Hall–Kier alpha value is -1.75. The van der Waals surface area contributed by atoms with Gasteiger partial charge in [0.05, 0.1) is 6.10 Å². The fraction of sp³-hybridized carbons (Fsp3) is 0.333. The summed E-state index contributed by atoms with van der Waals surface area (Å²) in [5, 5.41) is 14.3. The molecule has 122 valence electrons. The second-order valence-corrected chi connectivity index (χ2v) is 6.04. The zero-order valence-electron chi connectivity index (χ0n) is 13.0. The molecule has 4 nitrogen and oxygen atoms in total. The maximum atomic E-state index is 10.2. The molecule has 5 heteroatoms. The molecule has 0 bridgehead atoms. The van der Waals surface area contributed by atoms with Gasteiger partial charge in [0.25, 0.3) is 0 Å². The summed E-state index contributed by atoms with van der Waals surface area (Å²) in [6, 6.07) is 13.3. The molecule has 2 unspecified atom stereocenters. The maximum absolute atomic E-state index is 10.2. The highest BCUT2D eigenvalue weighted by molar-refractivity contribution is 6.30. The van der Waals surface area contributed by atoms with Crippen molar-refractivity contribution in [2.24, 2.45) is 0 Å². The van der Waals surface area contributed by atoms with Crippen LogP contribution < -0.4 is 14.8 Å². The smallest absolute Gasteiger partial charge is 0.161 e. The lowest BCUT2D eigenvalue weighted by Crippen LogP contribution is -2.25. The molecule has 2 N–H and O–H groups in total. The lowest BCUT2D eigenvalue weighted by molar-refractivity contribution is 0.168. The number of nitrogens with one attached hydrogen (secondary N) is 1. The van der Waals surface area contributed by atoms with Crippen molar-refractivity contribution in [3.8, 4) is 11.5 Å². The van der Waals surface area contributed by atoms with Crippen LogP contribution in [0.15, 0.2) is 42.5 Å². The third-order valence-corrected chi connectivity index (χ3v) is 4.19. The topological polar surface area (TPSA) is 50.7 Å². The van der Waals surface area contributed by atoms with Crippen molar-refractivity contribution in [3.05, 3.63) is 58.6 Å². The number of fused-ring (bicyclic) bond motifs is 1. The molecule has 0 aliphatic carbocycles. The van der Waals surface area contributed by atoms with Crippen LogP contribution in [0.4, 0.5) is 0 Å². The first kappa shape index (κ1) is 16.1. The van der Waals surface area contributed by atoms with Gasteiger partial charge in [-0.05, 0) is 42.3 Å². The average molecular weight is 334 g/mol. The minimum atomic E-state index is -0.577. The highest BCUT2D eigenvalue weighted by Gasteiger charge is 2.15. The summed E-state index contributed by atoms with van der Waals surface area (Å²) < 4.78 is 11.1. The normalized spacial score (nSPS) is 16.0. The fourth-order valence-corrected chi connectivity index (χ4v) is 2.66. The number of hydrogen-bond donors (Lipinski definition) is 2. The summed E-state index contributed by atoms with van der Waals surface area (Å²) in [5.41, 5.74) is 1.94. The average Bonchev–Trinajstić information content (AvgIpc) is 2.59. The molecule has 3 rings (SSSR count). The van der Waals surface area contributed by atoms with E-state index in [4.69, 9.17) is 21.1 Å². The van der Waals surface area contributed by atoms with Crippen molar-refractivity contribution in [2.45, 2.75) is 19.1 Å². The zero-order valence-corrected chi connectivity index (χ0v) is 13.7. The predicted octanol–water partition coefficient (Wildman–Crippen LogP) is 3.50. The highest BCUT2D eigenvalue weighted by atomic mass is 35.5. The van der Waals surface area contributed by atoms with Gasteiger partial charge >= 0.3 is 0 Å². The van der Waals surface area contributed by atoms with Gasteiger partial charge in [-0.25, -0.2) is 0 Å². The van der Waals surface area contributed by atoms with Crippen molar-refractivity contribution in [1.29, 1.82) is 0 Å². The maximum Gasteiger partial charge on any atom is 0.161 e. The lowest BCUT2D eigenvalue weighted by Gasteiger charge is -2.22. The highest BCUT2D eigenvalue weighted by Crippen LogP contribution is 2.32. The van der Waals surface area contributed by atoms with E-state index in [0.29, 0.717) is 24.8 Å². The molecule has 2 aromatic rings. The number of hydrogen-bond acceptors (Lipinski definition) is 4. The summed E-state index contributed by atoms with van der Waals surface area (Å²) in [4.78, 5) is 0. The number of rotatable bonds is 5. The van der Waals surface area contributed by atoms with E-state index in [1.807, 2.05) is 30.3 Å². The summed E-state index contributed by atoms with van der Waals surface area (Å²) >= 11 is 5.86. The molecule has 1 aliphatic heterocycles. The van der Waals surface area contributed by atoms with Gasteiger partial charge in [0.15, 0.2) is 11.5 Å². The van der Waals surface area contributed by atoms with E-state index in [0.717, 1.165) is 22.6 Å². The minimum Gasteiger partial charge on any atom is -0.486 e. The molecular weight excluding hydrogens is 314 g/mol. The van der Waals surface area contributed by atoms with E-state index in [-0.39, 0.29) is 6.04 Å². The second kappa shape index (κ2) is 7.21. The first-order valence-corrected chi connectivity index (χ1v) is 8.08. The Balaban J connectivity index is 1.60. The Kier molecular flexibility index (Phi) is 5.06. The first-order chi connectivity index (χ1) is 11.1. The molecule has 0 amide bonds. The number of benzene rings is 2. The van der Waals surface area contributed by atoms with Gasteiger partial charge in [-0.15, -0.1) is 0 Å². The van der Waals surface area contributed by atoms with Crippen LogP contribution in [-0.4, -0.2) is 24.9 Å². The number of halogens is 1. The monoisotopic (exact) mass is 333 g/mol. The Morgan fingerprint density at radius 1 is 1.04 bits per heavy atom.